The smallest absolute Gasteiger partial charge is 0.259 e. The van der Waals surface area contributed by atoms with Crippen molar-refractivity contribution < 1.29 is 14.3 Å². The van der Waals surface area contributed by atoms with Gasteiger partial charge in [0.1, 0.15) is 5.75 Å². The van der Waals surface area contributed by atoms with Gasteiger partial charge in [-0.25, -0.2) is 0 Å². The molecule has 6 heteroatoms. The first kappa shape index (κ1) is 23.4. The number of ether oxygens (including phenoxy) is 1. The zero-order chi connectivity index (χ0) is 22.8. The summed E-state index contributed by atoms with van der Waals surface area (Å²) in [5, 5.41) is 6.20. The molecule has 0 bridgehead atoms. The van der Waals surface area contributed by atoms with Crippen molar-refractivity contribution in [1.82, 2.24) is 0 Å². The molecule has 166 valence electrons. The molecule has 0 aromatic heterocycles. The van der Waals surface area contributed by atoms with Crippen molar-refractivity contribution in [3.8, 4) is 5.75 Å². The first-order chi connectivity index (χ1) is 15.6. The van der Waals surface area contributed by atoms with E-state index in [0.717, 1.165) is 19.3 Å². The van der Waals surface area contributed by atoms with Gasteiger partial charge >= 0.3 is 0 Å². The minimum absolute atomic E-state index is 0.290. The van der Waals surface area contributed by atoms with Crippen LogP contribution < -0.4 is 15.4 Å². The Morgan fingerprint density at radius 1 is 0.812 bits per heavy atom. The summed E-state index contributed by atoms with van der Waals surface area (Å²) in [6.45, 7) is 2.74. The number of unbranched alkanes of at least 4 members (excludes halogenated alkanes) is 3. The minimum atomic E-state index is -0.292. The van der Waals surface area contributed by atoms with Gasteiger partial charge in [0.25, 0.3) is 11.8 Å². The van der Waals surface area contributed by atoms with Gasteiger partial charge in [-0.3, -0.25) is 9.59 Å². The Balaban J connectivity index is 1.65. The molecule has 2 N–H and O–H groups in total. The highest BCUT2D eigenvalue weighted by Crippen LogP contribution is 2.21. The Kier molecular flexibility index (Phi) is 8.70. The number of hydrogen-bond acceptors (Lipinski definition) is 3. The predicted octanol–water partition coefficient (Wildman–Crippen LogP) is 6.80. The van der Waals surface area contributed by atoms with Crippen LogP contribution in [0, 0.1) is 0 Å². The van der Waals surface area contributed by atoms with E-state index in [2.05, 4.69) is 17.6 Å². The standard InChI is InChI=1S/C26H27ClN2O3/c1-2-3-4-7-16-32-24-15-6-5-14-23(24)26(31)29-21-12-8-10-19(17-21)25(30)28-22-13-9-11-20(27)18-22/h5-6,8-15,17-18H,2-4,7,16H2,1H3,(H,28,30)(H,29,31). The van der Waals surface area contributed by atoms with Crippen LogP contribution in [0.2, 0.25) is 5.02 Å². The molecule has 2 amide bonds. The highest BCUT2D eigenvalue weighted by Gasteiger charge is 2.14. The van der Waals surface area contributed by atoms with E-state index in [1.165, 1.54) is 6.42 Å². The summed E-state index contributed by atoms with van der Waals surface area (Å²) < 4.78 is 5.84. The fourth-order valence-electron chi connectivity index (χ4n) is 3.20. The van der Waals surface area contributed by atoms with Crippen LogP contribution >= 0.6 is 11.6 Å². The van der Waals surface area contributed by atoms with E-state index in [1.807, 2.05) is 6.07 Å². The molecule has 0 saturated carbocycles. The molecular formula is C26H27ClN2O3. The number of para-hydroxylation sites is 1. The van der Waals surface area contributed by atoms with Gasteiger partial charge in [0.2, 0.25) is 0 Å². The van der Waals surface area contributed by atoms with Crippen molar-refractivity contribution in [3.05, 3.63) is 88.9 Å². The second-order valence-electron chi connectivity index (χ2n) is 7.40. The lowest BCUT2D eigenvalue weighted by molar-refractivity contribution is 0.101. The number of rotatable bonds is 10. The Hall–Kier alpha value is -3.31. The van der Waals surface area contributed by atoms with Crippen LogP contribution in [0.5, 0.6) is 5.75 Å². The SMILES string of the molecule is CCCCCCOc1ccccc1C(=O)Nc1cccc(C(=O)Nc2cccc(Cl)c2)c1. The van der Waals surface area contributed by atoms with E-state index in [1.54, 1.807) is 66.7 Å². The summed E-state index contributed by atoms with van der Waals surface area (Å²) in [6.07, 6.45) is 4.39. The first-order valence-electron chi connectivity index (χ1n) is 10.8. The number of benzene rings is 3. The molecule has 0 fully saturated rings. The number of amides is 2. The Bertz CT molecular complexity index is 1070. The van der Waals surface area contributed by atoms with Crippen molar-refractivity contribution in [2.75, 3.05) is 17.2 Å². The third-order valence-corrected chi connectivity index (χ3v) is 5.09. The molecule has 0 spiro atoms. The molecule has 0 aliphatic heterocycles. The van der Waals surface area contributed by atoms with Crippen LogP contribution in [-0.2, 0) is 0 Å². The van der Waals surface area contributed by atoms with Gasteiger partial charge in [-0.15, -0.1) is 0 Å². The van der Waals surface area contributed by atoms with Crippen LogP contribution in [0.4, 0.5) is 11.4 Å². The van der Waals surface area contributed by atoms with Crippen molar-refractivity contribution in [2.24, 2.45) is 0 Å². The van der Waals surface area contributed by atoms with E-state index in [0.29, 0.717) is 39.9 Å². The van der Waals surface area contributed by atoms with Gasteiger partial charge in [0.05, 0.1) is 12.2 Å². The second-order valence-corrected chi connectivity index (χ2v) is 7.84. The molecule has 3 aromatic carbocycles. The van der Waals surface area contributed by atoms with E-state index in [9.17, 15) is 9.59 Å². The fourth-order valence-corrected chi connectivity index (χ4v) is 3.39. The van der Waals surface area contributed by atoms with Gasteiger partial charge in [0, 0.05) is 22.0 Å². The van der Waals surface area contributed by atoms with Gasteiger partial charge in [-0.2, -0.15) is 0 Å². The lowest BCUT2D eigenvalue weighted by atomic mass is 10.1. The monoisotopic (exact) mass is 450 g/mol. The van der Waals surface area contributed by atoms with Crippen LogP contribution in [0.1, 0.15) is 53.3 Å². The van der Waals surface area contributed by atoms with Gasteiger partial charge < -0.3 is 15.4 Å². The highest BCUT2D eigenvalue weighted by molar-refractivity contribution is 6.31. The summed E-state index contributed by atoms with van der Waals surface area (Å²) >= 11 is 5.97. The number of carbonyl (C=O) groups is 2. The molecule has 3 rings (SSSR count). The van der Waals surface area contributed by atoms with E-state index >= 15 is 0 Å². The van der Waals surface area contributed by atoms with Crippen LogP contribution in [0.15, 0.2) is 72.8 Å². The number of hydrogen-bond donors (Lipinski definition) is 2. The van der Waals surface area contributed by atoms with E-state index in [4.69, 9.17) is 16.3 Å². The Morgan fingerprint density at radius 3 is 2.31 bits per heavy atom. The molecular weight excluding hydrogens is 424 g/mol. The van der Waals surface area contributed by atoms with Crippen molar-refractivity contribution in [1.29, 1.82) is 0 Å². The molecule has 0 saturated heterocycles. The number of anilines is 2. The second kappa shape index (κ2) is 11.9. The molecule has 0 heterocycles. The topological polar surface area (TPSA) is 67.4 Å². The molecule has 5 nitrogen and oxygen atoms in total. The van der Waals surface area contributed by atoms with Crippen LogP contribution in [0.3, 0.4) is 0 Å². The average molecular weight is 451 g/mol. The largest absolute Gasteiger partial charge is 0.493 e. The van der Waals surface area contributed by atoms with Crippen molar-refractivity contribution >= 4 is 34.8 Å². The predicted molar refractivity (Wildman–Crippen MR) is 130 cm³/mol. The normalized spacial score (nSPS) is 10.4. The van der Waals surface area contributed by atoms with Gasteiger partial charge in [-0.05, 0) is 55.0 Å². The molecule has 3 aromatic rings. The maximum absolute atomic E-state index is 12.9. The lowest BCUT2D eigenvalue weighted by Crippen LogP contribution is -2.15. The zero-order valence-electron chi connectivity index (χ0n) is 18.1. The third-order valence-electron chi connectivity index (χ3n) is 4.85. The maximum Gasteiger partial charge on any atom is 0.259 e. The lowest BCUT2D eigenvalue weighted by Gasteiger charge is -2.12. The number of halogens is 1. The maximum atomic E-state index is 12.9. The summed E-state index contributed by atoms with van der Waals surface area (Å²) in [5.41, 5.74) is 1.99. The molecule has 32 heavy (non-hydrogen) atoms. The zero-order valence-corrected chi connectivity index (χ0v) is 18.8. The summed E-state index contributed by atoms with van der Waals surface area (Å²) in [7, 11) is 0. The molecule has 0 aliphatic carbocycles. The van der Waals surface area contributed by atoms with Crippen molar-refractivity contribution in [2.45, 2.75) is 32.6 Å². The van der Waals surface area contributed by atoms with E-state index in [-0.39, 0.29) is 11.8 Å². The average Bonchev–Trinajstić information content (AvgIpc) is 2.79. The summed E-state index contributed by atoms with van der Waals surface area (Å²) in [5.74, 6) is -0.0305. The van der Waals surface area contributed by atoms with Crippen LogP contribution in [0.25, 0.3) is 0 Å². The quantitative estimate of drug-likeness (QED) is 0.333. The minimum Gasteiger partial charge on any atom is -0.493 e. The summed E-state index contributed by atoms with van der Waals surface area (Å²) in [4.78, 5) is 25.5. The molecule has 0 aliphatic rings. The number of carbonyl (C=O) groups excluding carboxylic acids is 2. The molecule has 0 radical (unpaired) electrons. The highest BCUT2D eigenvalue weighted by atomic mass is 35.5. The molecule has 0 atom stereocenters. The number of nitrogens with one attached hydrogen (secondary N) is 2. The molecule has 0 unspecified atom stereocenters. The van der Waals surface area contributed by atoms with Gasteiger partial charge in [0.15, 0.2) is 0 Å². The van der Waals surface area contributed by atoms with Gasteiger partial charge in [-0.1, -0.05) is 62.1 Å². The third kappa shape index (κ3) is 6.86. The summed E-state index contributed by atoms with van der Waals surface area (Å²) in [6, 6.07) is 20.9. The van der Waals surface area contributed by atoms with Crippen LogP contribution in [-0.4, -0.2) is 18.4 Å². The fraction of sp³-hybridized carbons (Fsp3) is 0.231. The van der Waals surface area contributed by atoms with Crippen molar-refractivity contribution in [3.63, 3.8) is 0 Å². The first-order valence-corrected chi connectivity index (χ1v) is 11.1. The van der Waals surface area contributed by atoms with E-state index < -0.39 is 0 Å². The Morgan fingerprint density at radius 2 is 1.53 bits per heavy atom. The Labute approximate surface area is 193 Å².